The molecule has 1 aliphatic heterocycles. The average molecular weight is 488 g/mol. The van der Waals surface area contributed by atoms with Crippen LogP contribution in [0.2, 0.25) is 0 Å². The topological polar surface area (TPSA) is 21.6 Å². The van der Waals surface area contributed by atoms with Crippen LogP contribution in [0.15, 0.2) is 29.3 Å². The van der Waals surface area contributed by atoms with Gasteiger partial charge in [-0.15, -0.1) is 0 Å². The van der Waals surface area contributed by atoms with Gasteiger partial charge < -0.3 is 4.74 Å². The first-order chi connectivity index (χ1) is 16.6. The normalized spacial score (nSPS) is 27.8. The summed E-state index contributed by atoms with van der Waals surface area (Å²) in [6.07, 6.45) is 7.91. The second kappa shape index (κ2) is 9.25. The smallest absolute Gasteiger partial charge is 0.222 e. The number of ether oxygens (including phenoxy) is 1. The highest BCUT2D eigenvalue weighted by molar-refractivity contribution is 5.96. The van der Waals surface area contributed by atoms with Crippen LogP contribution in [0.5, 0.6) is 0 Å². The molecule has 2 aromatic rings. The SMILES string of the molecule is CCC1CCC2CC(c3cc(F)c(-c4cc(F)c(C5=NC(C)(C)CO5)c(F)c4)c(F)c3)CCC2C1. The van der Waals surface area contributed by atoms with Gasteiger partial charge in [0.15, 0.2) is 0 Å². The van der Waals surface area contributed by atoms with Crippen molar-refractivity contribution < 1.29 is 22.3 Å². The molecule has 0 amide bonds. The predicted octanol–water partition coefficient (Wildman–Crippen LogP) is 8.18. The van der Waals surface area contributed by atoms with E-state index in [0.717, 1.165) is 43.2 Å². The van der Waals surface area contributed by atoms with Crippen molar-refractivity contribution in [2.75, 3.05) is 6.61 Å². The molecule has 4 atom stereocenters. The Hall–Kier alpha value is -2.37. The third kappa shape index (κ3) is 4.73. The molecule has 0 spiro atoms. The predicted molar refractivity (Wildman–Crippen MR) is 129 cm³/mol. The van der Waals surface area contributed by atoms with Crippen LogP contribution in [-0.4, -0.2) is 18.0 Å². The van der Waals surface area contributed by atoms with Crippen molar-refractivity contribution in [3.05, 3.63) is 58.7 Å². The minimum absolute atomic E-state index is 0.115. The fraction of sp³-hybridized carbons (Fsp3) is 0.552. The van der Waals surface area contributed by atoms with Gasteiger partial charge in [-0.05, 0) is 105 Å². The molecule has 5 rings (SSSR count). The summed E-state index contributed by atoms with van der Waals surface area (Å²) in [6, 6.07) is 4.62. The number of fused-ring (bicyclic) bond motifs is 1. The van der Waals surface area contributed by atoms with Gasteiger partial charge in [-0.2, -0.15) is 0 Å². The molecule has 6 heteroatoms. The van der Waals surface area contributed by atoms with Crippen LogP contribution in [0.3, 0.4) is 0 Å². The van der Waals surface area contributed by atoms with E-state index in [1.54, 1.807) is 13.8 Å². The lowest BCUT2D eigenvalue weighted by molar-refractivity contribution is 0.116. The Balaban J connectivity index is 1.40. The van der Waals surface area contributed by atoms with Crippen LogP contribution in [0.1, 0.15) is 82.8 Å². The highest BCUT2D eigenvalue weighted by Gasteiger charge is 2.36. The molecule has 1 heterocycles. The van der Waals surface area contributed by atoms with E-state index in [9.17, 15) is 8.78 Å². The van der Waals surface area contributed by atoms with Crippen LogP contribution in [0.25, 0.3) is 11.1 Å². The van der Waals surface area contributed by atoms with E-state index in [0.29, 0.717) is 11.5 Å². The summed E-state index contributed by atoms with van der Waals surface area (Å²) in [7, 11) is 0. The standard InChI is InChI=1S/C29H33F4NO/c1-4-16-5-6-18-10-19(8-7-17(18)9-16)20-11-22(30)26(23(31)12-20)21-13-24(32)27(25(33)14-21)28-34-29(2,3)15-35-28/h11-14,16-19H,4-10,15H2,1-3H3. The molecule has 0 bridgehead atoms. The zero-order valence-electron chi connectivity index (χ0n) is 20.6. The number of rotatable bonds is 4. The summed E-state index contributed by atoms with van der Waals surface area (Å²) in [5.41, 5.74) is -0.940. The summed E-state index contributed by atoms with van der Waals surface area (Å²) >= 11 is 0. The average Bonchev–Trinajstić information content (AvgIpc) is 3.16. The fourth-order valence-electron chi connectivity index (χ4n) is 6.40. The van der Waals surface area contributed by atoms with E-state index in [1.165, 1.54) is 37.8 Å². The highest BCUT2D eigenvalue weighted by Crippen LogP contribution is 2.48. The van der Waals surface area contributed by atoms with Crippen molar-refractivity contribution in [3.8, 4) is 11.1 Å². The molecule has 0 aromatic heterocycles. The van der Waals surface area contributed by atoms with Crippen LogP contribution >= 0.6 is 0 Å². The van der Waals surface area contributed by atoms with E-state index >= 15 is 8.78 Å². The molecule has 2 aliphatic carbocycles. The summed E-state index contributed by atoms with van der Waals surface area (Å²) in [5, 5.41) is 0. The van der Waals surface area contributed by atoms with Gasteiger partial charge in [-0.3, -0.25) is 0 Å². The van der Waals surface area contributed by atoms with Gasteiger partial charge in [0.1, 0.15) is 35.4 Å². The maximum Gasteiger partial charge on any atom is 0.222 e. The Morgan fingerprint density at radius 1 is 0.829 bits per heavy atom. The molecule has 2 nitrogen and oxygen atoms in total. The maximum absolute atomic E-state index is 15.2. The Bertz CT molecular complexity index is 1110. The van der Waals surface area contributed by atoms with Crippen molar-refractivity contribution in [2.24, 2.45) is 22.7 Å². The molecule has 0 N–H and O–H groups in total. The zero-order valence-corrected chi connectivity index (χ0v) is 20.6. The first-order valence-corrected chi connectivity index (χ1v) is 12.9. The van der Waals surface area contributed by atoms with Crippen molar-refractivity contribution in [3.63, 3.8) is 0 Å². The summed E-state index contributed by atoms with van der Waals surface area (Å²) in [5.74, 6) is -1.36. The van der Waals surface area contributed by atoms with E-state index in [-0.39, 0.29) is 24.0 Å². The fourth-order valence-corrected chi connectivity index (χ4v) is 6.40. The lowest BCUT2D eigenvalue weighted by Gasteiger charge is -2.42. The molecule has 0 saturated heterocycles. The van der Waals surface area contributed by atoms with Crippen LogP contribution in [0.4, 0.5) is 17.6 Å². The molecule has 4 unspecified atom stereocenters. The Labute approximate surface area is 204 Å². The Morgan fingerprint density at radius 3 is 2.03 bits per heavy atom. The van der Waals surface area contributed by atoms with Crippen molar-refractivity contribution >= 4 is 5.90 Å². The van der Waals surface area contributed by atoms with E-state index in [4.69, 9.17) is 4.74 Å². The van der Waals surface area contributed by atoms with Crippen molar-refractivity contribution in [2.45, 2.75) is 77.2 Å². The second-order valence-electron chi connectivity index (χ2n) is 11.3. The number of nitrogens with zero attached hydrogens (tertiary/aromatic N) is 1. The minimum Gasteiger partial charge on any atom is -0.475 e. The zero-order chi connectivity index (χ0) is 24.9. The molecule has 2 saturated carbocycles. The van der Waals surface area contributed by atoms with E-state index in [1.807, 2.05) is 0 Å². The third-order valence-corrected chi connectivity index (χ3v) is 8.35. The van der Waals surface area contributed by atoms with Gasteiger partial charge in [0, 0.05) is 0 Å². The number of halogens is 4. The third-order valence-electron chi connectivity index (χ3n) is 8.35. The Morgan fingerprint density at radius 2 is 1.43 bits per heavy atom. The van der Waals surface area contributed by atoms with Gasteiger partial charge >= 0.3 is 0 Å². The van der Waals surface area contributed by atoms with Crippen LogP contribution < -0.4 is 0 Å². The van der Waals surface area contributed by atoms with Gasteiger partial charge in [0.05, 0.1) is 11.1 Å². The molecule has 188 valence electrons. The second-order valence-corrected chi connectivity index (χ2v) is 11.3. The van der Waals surface area contributed by atoms with Gasteiger partial charge in [0.2, 0.25) is 5.90 Å². The quantitative estimate of drug-likeness (QED) is 0.399. The minimum atomic E-state index is -0.958. The number of hydrogen-bond donors (Lipinski definition) is 0. The monoisotopic (exact) mass is 487 g/mol. The number of benzene rings is 2. The molecule has 2 fully saturated rings. The molecule has 0 radical (unpaired) electrons. The van der Waals surface area contributed by atoms with Crippen molar-refractivity contribution in [1.82, 2.24) is 0 Å². The van der Waals surface area contributed by atoms with Gasteiger partial charge in [-0.1, -0.05) is 19.8 Å². The first kappa shape index (κ1) is 24.3. The summed E-state index contributed by atoms with van der Waals surface area (Å²) in [4.78, 5) is 4.22. The molecule has 3 aliphatic rings. The van der Waals surface area contributed by atoms with E-state index in [2.05, 4.69) is 11.9 Å². The van der Waals surface area contributed by atoms with Crippen LogP contribution in [-0.2, 0) is 4.74 Å². The molecule has 35 heavy (non-hydrogen) atoms. The summed E-state index contributed by atoms with van der Waals surface area (Å²) < 4.78 is 65.6. The maximum atomic E-state index is 15.2. The summed E-state index contributed by atoms with van der Waals surface area (Å²) in [6.45, 7) is 6.04. The lowest BCUT2D eigenvalue weighted by atomic mass is 9.63. The Kier molecular flexibility index (Phi) is 6.43. The first-order valence-electron chi connectivity index (χ1n) is 12.9. The van der Waals surface area contributed by atoms with Gasteiger partial charge in [-0.25, -0.2) is 22.6 Å². The largest absolute Gasteiger partial charge is 0.475 e. The number of aliphatic imine (C=N–C) groups is 1. The molecule has 2 aromatic carbocycles. The van der Waals surface area contributed by atoms with Gasteiger partial charge in [0.25, 0.3) is 0 Å². The highest BCUT2D eigenvalue weighted by atomic mass is 19.1. The molecular weight excluding hydrogens is 454 g/mol. The van der Waals surface area contributed by atoms with Crippen molar-refractivity contribution in [1.29, 1.82) is 0 Å². The van der Waals surface area contributed by atoms with Crippen LogP contribution in [0, 0.1) is 41.0 Å². The molecular formula is C29H33F4NO. The van der Waals surface area contributed by atoms with E-state index < -0.39 is 39.9 Å². The lowest BCUT2D eigenvalue weighted by Crippen LogP contribution is -2.30. The number of hydrogen-bond acceptors (Lipinski definition) is 2.